The van der Waals surface area contributed by atoms with Gasteiger partial charge in [0.1, 0.15) is 6.61 Å². The van der Waals surface area contributed by atoms with Crippen molar-refractivity contribution in [3.63, 3.8) is 0 Å². The molecule has 0 atom stereocenters. The lowest BCUT2D eigenvalue weighted by molar-refractivity contribution is 0.230. The van der Waals surface area contributed by atoms with E-state index >= 15 is 0 Å². The molecule has 0 aliphatic carbocycles. The molecule has 2 N–H and O–H groups in total. The van der Waals surface area contributed by atoms with Gasteiger partial charge in [-0.05, 0) is 43.6 Å². The van der Waals surface area contributed by atoms with Gasteiger partial charge in [0, 0.05) is 13.1 Å². The average Bonchev–Trinajstić information content (AvgIpc) is 2.92. The molecular weight excluding hydrogens is 228 g/mol. The first-order valence-electron chi connectivity index (χ1n) is 6.55. The van der Waals surface area contributed by atoms with Crippen LogP contribution in [0.4, 0.5) is 0 Å². The van der Waals surface area contributed by atoms with E-state index in [1.807, 2.05) is 18.2 Å². The van der Waals surface area contributed by atoms with Crippen LogP contribution >= 0.6 is 0 Å². The SMILES string of the molecule is COc1ccc(CN)cc1OCCN1CCCC1. The summed E-state index contributed by atoms with van der Waals surface area (Å²) in [5, 5.41) is 0. The summed E-state index contributed by atoms with van der Waals surface area (Å²) < 4.78 is 11.1. The van der Waals surface area contributed by atoms with Crippen LogP contribution in [0.5, 0.6) is 11.5 Å². The maximum absolute atomic E-state index is 5.81. The Labute approximate surface area is 109 Å². The molecule has 4 heteroatoms. The Morgan fingerprint density at radius 2 is 2.00 bits per heavy atom. The van der Waals surface area contributed by atoms with Gasteiger partial charge in [-0.1, -0.05) is 6.07 Å². The molecule has 0 bridgehead atoms. The minimum Gasteiger partial charge on any atom is -0.493 e. The molecule has 1 heterocycles. The van der Waals surface area contributed by atoms with Gasteiger partial charge in [0.05, 0.1) is 7.11 Å². The van der Waals surface area contributed by atoms with Crippen molar-refractivity contribution in [2.75, 3.05) is 33.4 Å². The molecule has 0 spiro atoms. The topological polar surface area (TPSA) is 47.7 Å². The first-order chi connectivity index (χ1) is 8.83. The molecule has 0 aromatic heterocycles. The van der Waals surface area contributed by atoms with Gasteiger partial charge in [0.15, 0.2) is 11.5 Å². The number of rotatable bonds is 6. The summed E-state index contributed by atoms with van der Waals surface area (Å²) in [6.07, 6.45) is 2.62. The van der Waals surface area contributed by atoms with Crippen LogP contribution in [0.15, 0.2) is 18.2 Å². The summed E-state index contributed by atoms with van der Waals surface area (Å²) in [5.41, 5.74) is 6.70. The average molecular weight is 250 g/mol. The van der Waals surface area contributed by atoms with Crippen molar-refractivity contribution >= 4 is 0 Å². The Bertz CT molecular complexity index is 376. The molecule has 100 valence electrons. The van der Waals surface area contributed by atoms with Crippen molar-refractivity contribution < 1.29 is 9.47 Å². The highest BCUT2D eigenvalue weighted by atomic mass is 16.5. The zero-order valence-electron chi connectivity index (χ0n) is 11.0. The number of methoxy groups -OCH3 is 1. The molecule has 1 fully saturated rings. The molecule has 2 rings (SSSR count). The van der Waals surface area contributed by atoms with E-state index in [2.05, 4.69) is 4.90 Å². The largest absolute Gasteiger partial charge is 0.493 e. The van der Waals surface area contributed by atoms with E-state index in [0.29, 0.717) is 13.2 Å². The lowest BCUT2D eigenvalue weighted by Crippen LogP contribution is -2.25. The third-order valence-corrected chi connectivity index (χ3v) is 3.33. The van der Waals surface area contributed by atoms with Gasteiger partial charge in [-0.15, -0.1) is 0 Å². The van der Waals surface area contributed by atoms with E-state index in [1.165, 1.54) is 25.9 Å². The van der Waals surface area contributed by atoms with Crippen molar-refractivity contribution in [2.45, 2.75) is 19.4 Å². The maximum atomic E-state index is 5.81. The summed E-state index contributed by atoms with van der Waals surface area (Å²) >= 11 is 0. The lowest BCUT2D eigenvalue weighted by atomic mass is 10.2. The minimum absolute atomic E-state index is 0.520. The number of hydrogen-bond donors (Lipinski definition) is 1. The zero-order chi connectivity index (χ0) is 12.8. The molecule has 0 amide bonds. The molecule has 0 radical (unpaired) electrons. The van der Waals surface area contributed by atoms with E-state index < -0.39 is 0 Å². The van der Waals surface area contributed by atoms with Crippen LogP contribution < -0.4 is 15.2 Å². The van der Waals surface area contributed by atoms with Crippen LogP contribution in [0.2, 0.25) is 0 Å². The molecule has 1 aliphatic heterocycles. The maximum Gasteiger partial charge on any atom is 0.161 e. The third kappa shape index (κ3) is 3.37. The second-order valence-corrected chi connectivity index (χ2v) is 4.59. The zero-order valence-corrected chi connectivity index (χ0v) is 11.0. The molecule has 0 saturated carbocycles. The van der Waals surface area contributed by atoms with E-state index in [1.54, 1.807) is 7.11 Å². The van der Waals surface area contributed by atoms with Gasteiger partial charge in [-0.25, -0.2) is 0 Å². The van der Waals surface area contributed by atoms with Crippen LogP contribution in [0, 0.1) is 0 Å². The Hall–Kier alpha value is -1.26. The summed E-state index contributed by atoms with van der Waals surface area (Å²) in [4.78, 5) is 2.43. The standard InChI is InChI=1S/C14H22N2O2/c1-17-13-5-4-12(11-15)10-14(13)18-9-8-16-6-2-3-7-16/h4-5,10H,2-3,6-9,11,15H2,1H3. The van der Waals surface area contributed by atoms with Crippen molar-refractivity contribution in [1.82, 2.24) is 4.90 Å². The normalized spacial score (nSPS) is 15.9. The van der Waals surface area contributed by atoms with E-state index in [-0.39, 0.29) is 0 Å². The number of benzene rings is 1. The van der Waals surface area contributed by atoms with Crippen molar-refractivity contribution in [2.24, 2.45) is 5.73 Å². The Morgan fingerprint density at radius 1 is 1.22 bits per heavy atom. The van der Waals surface area contributed by atoms with Crippen LogP contribution in [0.3, 0.4) is 0 Å². The van der Waals surface area contributed by atoms with Crippen LogP contribution in [0.1, 0.15) is 18.4 Å². The smallest absolute Gasteiger partial charge is 0.161 e. The van der Waals surface area contributed by atoms with Gasteiger partial charge in [0.25, 0.3) is 0 Å². The number of likely N-dealkylation sites (tertiary alicyclic amines) is 1. The number of hydrogen-bond acceptors (Lipinski definition) is 4. The minimum atomic E-state index is 0.520. The third-order valence-electron chi connectivity index (χ3n) is 3.33. The quantitative estimate of drug-likeness (QED) is 0.833. The summed E-state index contributed by atoms with van der Waals surface area (Å²) in [6.45, 7) is 4.60. The van der Waals surface area contributed by atoms with Crippen molar-refractivity contribution in [1.29, 1.82) is 0 Å². The fourth-order valence-electron chi connectivity index (χ4n) is 2.25. The molecule has 0 unspecified atom stereocenters. The molecule has 1 aromatic rings. The highest BCUT2D eigenvalue weighted by Crippen LogP contribution is 2.27. The summed E-state index contributed by atoms with van der Waals surface area (Å²) in [7, 11) is 1.66. The van der Waals surface area contributed by atoms with Gasteiger partial charge in [0.2, 0.25) is 0 Å². The molecule has 4 nitrogen and oxygen atoms in total. The highest BCUT2D eigenvalue weighted by molar-refractivity contribution is 5.42. The summed E-state index contributed by atoms with van der Waals surface area (Å²) in [6, 6.07) is 5.84. The van der Waals surface area contributed by atoms with Crippen LogP contribution in [-0.2, 0) is 6.54 Å². The monoisotopic (exact) mass is 250 g/mol. The number of nitrogens with zero attached hydrogens (tertiary/aromatic N) is 1. The Kier molecular flexibility index (Phi) is 4.84. The molecular formula is C14H22N2O2. The molecule has 1 saturated heterocycles. The lowest BCUT2D eigenvalue weighted by Gasteiger charge is -2.16. The predicted octanol–water partition coefficient (Wildman–Crippen LogP) is 1.63. The van der Waals surface area contributed by atoms with Gasteiger partial charge < -0.3 is 15.2 Å². The fourth-order valence-corrected chi connectivity index (χ4v) is 2.25. The van der Waals surface area contributed by atoms with E-state index in [0.717, 1.165) is 23.6 Å². The van der Waals surface area contributed by atoms with Crippen molar-refractivity contribution in [3.8, 4) is 11.5 Å². The second-order valence-electron chi connectivity index (χ2n) is 4.59. The van der Waals surface area contributed by atoms with Gasteiger partial charge >= 0.3 is 0 Å². The number of nitrogens with two attached hydrogens (primary N) is 1. The van der Waals surface area contributed by atoms with Crippen LogP contribution in [-0.4, -0.2) is 38.3 Å². The Balaban J connectivity index is 1.89. The predicted molar refractivity (Wildman–Crippen MR) is 72.1 cm³/mol. The fraction of sp³-hybridized carbons (Fsp3) is 0.571. The second kappa shape index (κ2) is 6.61. The number of ether oxygens (including phenoxy) is 2. The first-order valence-corrected chi connectivity index (χ1v) is 6.55. The van der Waals surface area contributed by atoms with Gasteiger partial charge in [-0.2, -0.15) is 0 Å². The van der Waals surface area contributed by atoms with E-state index in [4.69, 9.17) is 15.2 Å². The highest BCUT2D eigenvalue weighted by Gasteiger charge is 2.11. The Morgan fingerprint density at radius 3 is 2.67 bits per heavy atom. The molecule has 1 aromatic carbocycles. The first kappa shape index (κ1) is 13.2. The summed E-state index contributed by atoms with van der Waals surface area (Å²) in [5.74, 6) is 1.56. The molecule has 1 aliphatic rings. The molecule has 18 heavy (non-hydrogen) atoms. The van der Waals surface area contributed by atoms with E-state index in [9.17, 15) is 0 Å². The van der Waals surface area contributed by atoms with Crippen LogP contribution in [0.25, 0.3) is 0 Å². The van der Waals surface area contributed by atoms with Gasteiger partial charge in [-0.3, -0.25) is 4.90 Å². The van der Waals surface area contributed by atoms with Crippen molar-refractivity contribution in [3.05, 3.63) is 23.8 Å².